The molecule has 0 amide bonds. The van der Waals surface area contributed by atoms with E-state index in [4.69, 9.17) is 9.47 Å². The first-order valence-electron chi connectivity index (χ1n) is 14.1. The Morgan fingerprint density at radius 1 is 0.895 bits per heavy atom. The molecule has 0 aromatic heterocycles. The lowest BCUT2D eigenvalue weighted by Crippen LogP contribution is -2.48. The zero-order valence-corrected chi connectivity index (χ0v) is 22.2. The van der Waals surface area contributed by atoms with Crippen molar-refractivity contribution in [2.24, 2.45) is 17.8 Å². The fourth-order valence-corrected chi connectivity index (χ4v) is 7.92. The zero-order chi connectivity index (χ0) is 26.4. The highest BCUT2D eigenvalue weighted by atomic mass is 16.7. The van der Waals surface area contributed by atoms with Crippen molar-refractivity contribution >= 4 is 22.7 Å². The van der Waals surface area contributed by atoms with Crippen molar-refractivity contribution in [3.05, 3.63) is 65.7 Å². The van der Waals surface area contributed by atoms with Crippen molar-refractivity contribution < 1.29 is 24.2 Å². The highest BCUT2D eigenvalue weighted by Gasteiger charge is 2.52. The Morgan fingerprint density at radius 2 is 1.53 bits per heavy atom. The van der Waals surface area contributed by atoms with E-state index >= 15 is 0 Å². The summed E-state index contributed by atoms with van der Waals surface area (Å²) < 4.78 is 12.1. The van der Waals surface area contributed by atoms with E-state index in [1.807, 2.05) is 12.1 Å². The summed E-state index contributed by atoms with van der Waals surface area (Å²) in [6, 6.07) is 17.9. The van der Waals surface area contributed by atoms with Gasteiger partial charge in [0.25, 0.3) is 0 Å². The molecule has 4 fully saturated rings. The van der Waals surface area contributed by atoms with Gasteiger partial charge in [-0.15, -0.1) is 0 Å². The number of carboxylic acids is 1. The quantitative estimate of drug-likeness (QED) is 0.247. The van der Waals surface area contributed by atoms with Crippen molar-refractivity contribution in [2.75, 3.05) is 0 Å². The molecule has 1 N–H and O–H groups in total. The lowest BCUT2D eigenvalue weighted by Gasteiger charge is -2.57. The molecule has 0 saturated heterocycles. The van der Waals surface area contributed by atoms with Crippen LogP contribution in [0.5, 0.6) is 5.75 Å². The zero-order valence-electron chi connectivity index (χ0n) is 22.2. The van der Waals surface area contributed by atoms with Gasteiger partial charge in [-0.25, -0.2) is 4.79 Å². The maximum absolute atomic E-state index is 11.8. The Labute approximate surface area is 224 Å². The van der Waals surface area contributed by atoms with Crippen LogP contribution in [0.4, 0.5) is 0 Å². The lowest BCUT2D eigenvalue weighted by atomic mass is 9.48. The fraction of sp³-hybridized carbons (Fsp3) is 0.455. The summed E-state index contributed by atoms with van der Waals surface area (Å²) in [5.41, 5.74) is 3.73. The summed E-state index contributed by atoms with van der Waals surface area (Å²) in [4.78, 5) is 23.1. The molecule has 0 heterocycles. The standard InChI is InChI=1S/C33H36O5/c1-3-4-31(37-20(2)34)38-30-16-27-10-9-26(24-5-7-25(8-6-24)32(35)36)14-28(27)15-29(30)33-17-21-11-22(18-33)13-23(12-21)19-33/h5-10,14-16,21-23,31H,3-4,11-13,17-19H2,1-2H3,(H,35,36). The molecule has 3 aromatic rings. The second kappa shape index (κ2) is 9.76. The van der Waals surface area contributed by atoms with Crippen LogP contribution in [0.3, 0.4) is 0 Å². The molecule has 198 valence electrons. The van der Waals surface area contributed by atoms with Gasteiger partial charge in [-0.2, -0.15) is 0 Å². The minimum absolute atomic E-state index is 0.115. The van der Waals surface area contributed by atoms with Crippen molar-refractivity contribution in [3.63, 3.8) is 0 Å². The van der Waals surface area contributed by atoms with Crippen molar-refractivity contribution in [1.29, 1.82) is 0 Å². The third-order valence-electron chi connectivity index (χ3n) is 9.09. The van der Waals surface area contributed by atoms with Gasteiger partial charge >= 0.3 is 11.9 Å². The Kier molecular flexibility index (Phi) is 6.41. The van der Waals surface area contributed by atoms with E-state index in [2.05, 4.69) is 37.3 Å². The molecule has 5 heteroatoms. The number of hydrogen-bond donors (Lipinski definition) is 1. The van der Waals surface area contributed by atoms with E-state index in [0.717, 1.165) is 51.8 Å². The molecule has 1 unspecified atom stereocenters. The van der Waals surface area contributed by atoms with E-state index in [-0.39, 0.29) is 16.9 Å². The Balaban J connectivity index is 1.44. The summed E-state index contributed by atoms with van der Waals surface area (Å²) in [7, 11) is 0. The predicted octanol–water partition coefficient (Wildman–Crippen LogP) is 7.74. The number of aromatic carboxylic acids is 1. The summed E-state index contributed by atoms with van der Waals surface area (Å²) in [6.07, 6.45) is 8.67. The van der Waals surface area contributed by atoms with Crippen LogP contribution >= 0.6 is 0 Å². The van der Waals surface area contributed by atoms with Crippen LogP contribution in [0.1, 0.15) is 81.1 Å². The smallest absolute Gasteiger partial charge is 0.335 e. The van der Waals surface area contributed by atoms with Gasteiger partial charge in [0, 0.05) is 18.9 Å². The molecule has 0 radical (unpaired) electrons. The van der Waals surface area contributed by atoms with E-state index in [9.17, 15) is 14.7 Å². The second-order valence-electron chi connectivity index (χ2n) is 11.9. The Bertz CT molecular complexity index is 1340. The van der Waals surface area contributed by atoms with E-state index in [1.165, 1.54) is 51.0 Å². The van der Waals surface area contributed by atoms with Gasteiger partial charge < -0.3 is 14.6 Å². The maximum Gasteiger partial charge on any atom is 0.335 e. The molecule has 4 saturated carbocycles. The molecule has 5 nitrogen and oxygen atoms in total. The molecule has 0 spiro atoms. The Hall–Kier alpha value is -3.34. The SMILES string of the molecule is CCCC(OC(C)=O)Oc1cc2ccc(-c3ccc(C(=O)O)cc3)cc2cc1C12CC3CC(CC(C3)C1)C2. The van der Waals surface area contributed by atoms with Crippen LogP contribution in [-0.2, 0) is 14.9 Å². The van der Waals surface area contributed by atoms with Crippen molar-refractivity contribution in [1.82, 2.24) is 0 Å². The van der Waals surface area contributed by atoms with Gasteiger partial charge in [0.15, 0.2) is 0 Å². The van der Waals surface area contributed by atoms with Gasteiger partial charge in [0.05, 0.1) is 5.56 Å². The molecular formula is C33H36O5. The Morgan fingerprint density at radius 3 is 2.11 bits per heavy atom. The number of hydrogen-bond acceptors (Lipinski definition) is 4. The summed E-state index contributed by atoms with van der Waals surface area (Å²) in [5, 5.41) is 11.5. The van der Waals surface area contributed by atoms with Gasteiger partial charge in [-0.05, 0) is 120 Å². The number of ether oxygens (including phenoxy) is 2. The van der Waals surface area contributed by atoms with Crippen LogP contribution in [0.2, 0.25) is 0 Å². The molecule has 7 rings (SSSR count). The highest BCUT2D eigenvalue weighted by Crippen LogP contribution is 2.62. The molecule has 4 aliphatic carbocycles. The molecular weight excluding hydrogens is 476 g/mol. The highest BCUT2D eigenvalue weighted by molar-refractivity contribution is 5.91. The number of carboxylic acid groups (broad SMARTS) is 1. The molecule has 1 atom stereocenters. The minimum Gasteiger partial charge on any atom is -0.478 e. The average Bonchev–Trinajstić information content (AvgIpc) is 2.87. The number of esters is 1. The van der Waals surface area contributed by atoms with Crippen LogP contribution in [0, 0.1) is 17.8 Å². The topological polar surface area (TPSA) is 72.8 Å². The number of carbonyl (C=O) groups excluding carboxylic acids is 1. The number of carbonyl (C=O) groups is 2. The van der Waals surface area contributed by atoms with Crippen LogP contribution < -0.4 is 4.74 Å². The average molecular weight is 513 g/mol. The first-order valence-corrected chi connectivity index (χ1v) is 14.1. The lowest BCUT2D eigenvalue weighted by molar-refractivity contribution is -0.161. The maximum atomic E-state index is 11.8. The predicted molar refractivity (Wildman–Crippen MR) is 147 cm³/mol. The molecule has 0 aliphatic heterocycles. The second-order valence-corrected chi connectivity index (χ2v) is 11.9. The van der Waals surface area contributed by atoms with Crippen LogP contribution in [0.15, 0.2) is 54.6 Å². The number of benzene rings is 3. The van der Waals surface area contributed by atoms with Gasteiger partial charge in [0.2, 0.25) is 6.29 Å². The van der Waals surface area contributed by atoms with E-state index in [0.29, 0.717) is 6.42 Å². The third kappa shape index (κ3) is 4.68. The number of rotatable bonds is 8. The summed E-state index contributed by atoms with van der Waals surface area (Å²) in [5.74, 6) is 2.01. The molecule has 4 bridgehead atoms. The largest absolute Gasteiger partial charge is 0.478 e. The number of fused-ring (bicyclic) bond motifs is 1. The van der Waals surface area contributed by atoms with Gasteiger partial charge in [-0.3, -0.25) is 4.79 Å². The molecule has 3 aromatic carbocycles. The normalized spacial score (nSPS) is 26.3. The first kappa shape index (κ1) is 25.0. The first-order chi connectivity index (χ1) is 18.3. The van der Waals surface area contributed by atoms with Gasteiger partial charge in [-0.1, -0.05) is 31.2 Å². The van der Waals surface area contributed by atoms with Crippen molar-refractivity contribution in [2.45, 2.75) is 76.9 Å². The van der Waals surface area contributed by atoms with Crippen molar-refractivity contribution in [3.8, 4) is 16.9 Å². The summed E-state index contributed by atoms with van der Waals surface area (Å²) >= 11 is 0. The molecule has 38 heavy (non-hydrogen) atoms. The van der Waals surface area contributed by atoms with E-state index in [1.54, 1.807) is 12.1 Å². The van der Waals surface area contributed by atoms with E-state index < -0.39 is 12.3 Å². The van der Waals surface area contributed by atoms with Crippen LogP contribution in [0.25, 0.3) is 21.9 Å². The monoisotopic (exact) mass is 512 g/mol. The van der Waals surface area contributed by atoms with Gasteiger partial charge in [0.1, 0.15) is 5.75 Å². The molecule has 4 aliphatic rings. The minimum atomic E-state index is -0.919. The fourth-order valence-electron chi connectivity index (χ4n) is 7.92. The third-order valence-corrected chi connectivity index (χ3v) is 9.09. The van der Waals surface area contributed by atoms with Crippen LogP contribution in [-0.4, -0.2) is 23.3 Å². The summed E-state index contributed by atoms with van der Waals surface area (Å²) in [6.45, 7) is 3.52.